The minimum atomic E-state index is -1.50. The van der Waals surface area contributed by atoms with E-state index < -0.39 is 22.7 Å². The van der Waals surface area contributed by atoms with Gasteiger partial charge in [-0.3, -0.25) is 4.21 Å². The van der Waals surface area contributed by atoms with E-state index in [9.17, 15) is 8.60 Å². The summed E-state index contributed by atoms with van der Waals surface area (Å²) in [4.78, 5) is 0.175. The minimum absolute atomic E-state index is 0.139. The molecule has 21 heavy (non-hydrogen) atoms. The van der Waals surface area contributed by atoms with Crippen molar-refractivity contribution >= 4 is 10.8 Å². The zero-order valence-electron chi connectivity index (χ0n) is 11.1. The number of ether oxygens (including phenoxy) is 2. The Bertz CT molecular complexity index is 692. The average Bonchev–Trinajstić information content (AvgIpc) is 2.94. The number of fused-ring (bicyclic) bond motifs is 1. The van der Waals surface area contributed by atoms with Crippen LogP contribution in [0.5, 0.6) is 11.5 Å². The van der Waals surface area contributed by atoms with Crippen LogP contribution in [0, 0.1) is 5.82 Å². The summed E-state index contributed by atoms with van der Waals surface area (Å²) in [6, 6.07) is 10.9. The molecule has 1 aliphatic rings. The molecule has 110 valence electrons. The number of rotatable bonds is 4. The normalized spacial score (nSPS) is 15.7. The Morgan fingerprint density at radius 3 is 2.76 bits per heavy atom. The highest BCUT2D eigenvalue weighted by Crippen LogP contribution is 2.34. The third kappa shape index (κ3) is 2.91. The summed E-state index contributed by atoms with van der Waals surface area (Å²) in [5.74, 6) is 0.954. The molecule has 0 radical (unpaired) electrons. The maximum absolute atomic E-state index is 13.6. The molecule has 2 N–H and O–H groups in total. The first-order valence-electron chi connectivity index (χ1n) is 6.43. The first kappa shape index (κ1) is 14.0. The predicted molar refractivity (Wildman–Crippen MR) is 77.2 cm³/mol. The zero-order valence-corrected chi connectivity index (χ0v) is 11.9. The number of hydrogen-bond acceptors (Lipinski definition) is 4. The van der Waals surface area contributed by atoms with Crippen LogP contribution < -0.4 is 15.2 Å². The zero-order chi connectivity index (χ0) is 14.8. The van der Waals surface area contributed by atoms with Crippen molar-refractivity contribution < 1.29 is 18.1 Å². The summed E-state index contributed by atoms with van der Waals surface area (Å²) in [7, 11) is -1.50. The molecule has 0 aromatic heterocycles. The van der Waals surface area contributed by atoms with Crippen LogP contribution in [0.3, 0.4) is 0 Å². The topological polar surface area (TPSA) is 61.6 Å². The molecule has 2 aromatic carbocycles. The summed E-state index contributed by atoms with van der Waals surface area (Å²) in [6.07, 6.45) is 0. The molecule has 4 nitrogen and oxygen atoms in total. The highest BCUT2D eigenvalue weighted by molar-refractivity contribution is 7.85. The summed E-state index contributed by atoms with van der Waals surface area (Å²) < 4.78 is 36.3. The van der Waals surface area contributed by atoms with Gasteiger partial charge in [-0.05, 0) is 29.8 Å². The smallest absolute Gasteiger partial charge is 0.231 e. The molecule has 6 heteroatoms. The van der Waals surface area contributed by atoms with Crippen molar-refractivity contribution in [3.8, 4) is 11.5 Å². The Labute approximate surface area is 124 Å². The van der Waals surface area contributed by atoms with Crippen LogP contribution in [0.15, 0.2) is 47.4 Å². The second-order valence-corrected chi connectivity index (χ2v) is 6.13. The monoisotopic (exact) mass is 307 g/mol. The van der Waals surface area contributed by atoms with Crippen molar-refractivity contribution in [2.45, 2.75) is 10.9 Å². The van der Waals surface area contributed by atoms with Crippen molar-refractivity contribution in [3.63, 3.8) is 0 Å². The molecule has 0 saturated carbocycles. The largest absolute Gasteiger partial charge is 0.454 e. The molecular formula is C15H14FNO3S. The van der Waals surface area contributed by atoms with Crippen LogP contribution in [0.4, 0.5) is 4.39 Å². The van der Waals surface area contributed by atoms with Gasteiger partial charge in [0.25, 0.3) is 0 Å². The second-order valence-electron chi connectivity index (χ2n) is 4.66. The van der Waals surface area contributed by atoms with Crippen molar-refractivity contribution in [2.75, 3.05) is 12.5 Å². The van der Waals surface area contributed by atoms with Gasteiger partial charge < -0.3 is 15.2 Å². The Morgan fingerprint density at radius 2 is 1.95 bits per heavy atom. The van der Waals surface area contributed by atoms with E-state index in [0.29, 0.717) is 11.5 Å². The van der Waals surface area contributed by atoms with Gasteiger partial charge in [0.2, 0.25) is 6.79 Å². The van der Waals surface area contributed by atoms with Gasteiger partial charge in [0.15, 0.2) is 11.5 Å². The molecule has 2 unspecified atom stereocenters. The fourth-order valence-corrected chi connectivity index (χ4v) is 3.34. The van der Waals surface area contributed by atoms with E-state index in [1.165, 1.54) is 12.1 Å². The van der Waals surface area contributed by atoms with Gasteiger partial charge in [-0.1, -0.05) is 18.2 Å². The Morgan fingerprint density at radius 1 is 1.19 bits per heavy atom. The summed E-state index contributed by atoms with van der Waals surface area (Å²) >= 11 is 0. The Kier molecular flexibility index (Phi) is 3.90. The van der Waals surface area contributed by atoms with Gasteiger partial charge >= 0.3 is 0 Å². The SMILES string of the molecule is NC(CS(=O)c1ccccc1F)c1ccc2c(c1)OCO2. The van der Waals surface area contributed by atoms with Crippen LogP contribution >= 0.6 is 0 Å². The van der Waals surface area contributed by atoms with Crippen LogP contribution in [0.1, 0.15) is 11.6 Å². The van der Waals surface area contributed by atoms with Gasteiger partial charge in [0, 0.05) is 11.8 Å². The maximum atomic E-state index is 13.6. The van der Waals surface area contributed by atoms with Crippen molar-refractivity contribution in [2.24, 2.45) is 5.73 Å². The molecule has 2 aromatic rings. The molecule has 0 spiro atoms. The third-order valence-corrected chi connectivity index (χ3v) is 4.72. The van der Waals surface area contributed by atoms with Crippen LogP contribution in [-0.4, -0.2) is 16.8 Å². The minimum Gasteiger partial charge on any atom is -0.454 e. The number of benzene rings is 2. The summed E-state index contributed by atoms with van der Waals surface area (Å²) in [5.41, 5.74) is 6.85. The lowest BCUT2D eigenvalue weighted by Crippen LogP contribution is -2.18. The fraction of sp³-hybridized carbons (Fsp3) is 0.200. The summed E-state index contributed by atoms with van der Waals surface area (Å²) in [5, 5.41) is 0. The molecule has 1 heterocycles. The van der Waals surface area contributed by atoms with Crippen LogP contribution in [0.25, 0.3) is 0 Å². The van der Waals surface area contributed by atoms with E-state index in [2.05, 4.69) is 0 Å². The Balaban J connectivity index is 1.76. The lowest BCUT2D eigenvalue weighted by molar-refractivity contribution is 0.174. The van der Waals surface area contributed by atoms with Gasteiger partial charge in [0.1, 0.15) is 5.82 Å². The predicted octanol–water partition coefficient (Wildman–Crippen LogP) is 2.36. The van der Waals surface area contributed by atoms with E-state index in [1.807, 2.05) is 0 Å². The Hall–Kier alpha value is -1.92. The standard InChI is InChI=1S/C15H14FNO3S/c16-11-3-1-2-4-15(11)21(18)8-12(17)10-5-6-13-14(7-10)20-9-19-13/h1-7,12H,8-9,17H2. The van der Waals surface area contributed by atoms with E-state index in [4.69, 9.17) is 15.2 Å². The van der Waals surface area contributed by atoms with Crippen molar-refractivity contribution in [1.29, 1.82) is 0 Å². The lowest BCUT2D eigenvalue weighted by Gasteiger charge is -2.12. The molecule has 1 aliphatic heterocycles. The van der Waals surface area contributed by atoms with Gasteiger partial charge in [-0.15, -0.1) is 0 Å². The van der Waals surface area contributed by atoms with Gasteiger partial charge in [-0.2, -0.15) is 0 Å². The first-order valence-corrected chi connectivity index (χ1v) is 7.75. The quantitative estimate of drug-likeness (QED) is 0.942. The van der Waals surface area contributed by atoms with Crippen molar-refractivity contribution in [3.05, 3.63) is 53.8 Å². The molecule has 2 atom stereocenters. The number of hydrogen-bond donors (Lipinski definition) is 1. The molecule has 0 saturated heterocycles. The summed E-state index contributed by atoms with van der Waals surface area (Å²) in [6.45, 7) is 0.190. The van der Waals surface area contributed by atoms with Crippen LogP contribution in [-0.2, 0) is 10.8 Å². The lowest BCUT2D eigenvalue weighted by atomic mass is 10.1. The highest BCUT2D eigenvalue weighted by atomic mass is 32.2. The molecular weight excluding hydrogens is 293 g/mol. The van der Waals surface area contributed by atoms with E-state index in [1.54, 1.807) is 30.3 Å². The number of nitrogens with two attached hydrogens (primary N) is 1. The van der Waals surface area contributed by atoms with E-state index in [0.717, 1.165) is 5.56 Å². The molecule has 0 amide bonds. The van der Waals surface area contributed by atoms with E-state index in [-0.39, 0.29) is 17.4 Å². The fourth-order valence-electron chi connectivity index (χ4n) is 2.12. The molecule has 0 aliphatic carbocycles. The maximum Gasteiger partial charge on any atom is 0.231 e. The number of halogens is 1. The van der Waals surface area contributed by atoms with Crippen LogP contribution in [0.2, 0.25) is 0 Å². The average molecular weight is 307 g/mol. The van der Waals surface area contributed by atoms with Crippen molar-refractivity contribution in [1.82, 2.24) is 0 Å². The molecule has 0 bridgehead atoms. The van der Waals surface area contributed by atoms with E-state index >= 15 is 0 Å². The van der Waals surface area contributed by atoms with Gasteiger partial charge in [-0.25, -0.2) is 4.39 Å². The second kappa shape index (κ2) is 5.83. The molecule has 3 rings (SSSR count). The molecule has 0 fully saturated rings. The third-order valence-electron chi connectivity index (χ3n) is 3.24. The highest BCUT2D eigenvalue weighted by Gasteiger charge is 2.19. The first-order chi connectivity index (χ1) is 10.1. The van der Waals surface area contributed by atoms with Gasteiger partial charge in [0.05, 0.1) is 15.7 Å².